The summed E-state index contributed by atoms with van der Waals surface area (Å²) in [5.41, 5.74) is 3.00. The molecule has 4 heteroatoms. The van der Waals surface area contributed by atoms with Crippen molar-refractivity contribution in [1.82, 2.24) is 5.32 Å². The summed E-state index contributed by atoms with van der Waals surface area (Å²) in [6.45, 7) is 3.86. The van der Waals surface area contributed by atoms with Crippen molar-refractivity contribution < 1.29 is 9.53 Å². The second kappa shape index (κ2) is 5.14. The average Bonchev–Trinajstić information content (AvgIpc) is 2.65. The monoisotopic (exact) mass is 227 g/mol. The molecule has 0 atom stereocenters. The van der Waals surface area contributed by atoms with Crippen LogP contribution in [0.3, 0.4) is 0 Å². The summed E-state index contributed by atoms with van der Waals surface area (Å²) in [4.78, 5) is 11.6. The molecule has 0 spiro atoms. The topological polar surface area (TPSA) is 38.3 Å². The lowest BCUT2D eigenvalue weighted by Crippen LogP contribution is -2.08. The maximum Gasteiger partial charge on any atom is 0.338 e. The number of esters is 1. The Balaban J connectivity index is 0.00000112. The predicted octanol–water partition coefficient (Wildman–Crippen LogP) is 1.89. The van der Waals surface area contributed by atoms with Crippen LogP contribution in [0.1, 0.15) is 28.4 Å². The summed E-state index contributed by atoms with van der Waals surface area (Å²) < 4.78 is 4.99. The lowest BCUT2D eigenvalue weighted by molar-refractivity contribution is 0.0525. The Morgan fingerprint density at radius 1 is 1.47 bits per heavy atom. The zero-order valence-corrected chi connectivity index (χ0v) is 9.39. The minimum atomic E-state index is -0.215. The molecule has 1 heterocycles. The van der Waals surface area contributed by atoms with Crippen LogP contribution >= 0.6 is 12.4 Å². The highest BCUT2D eigenvalue weighted by atomic mass is 35.5. The van der Waals surface area contributed by atoms with E-state index in [9.17, 15) is 4.79 Å². The zero-order valence-electron chi connectivity index (χ0n) is 8.58. The predicted molar refractivity (Wildman–Crippen MR) is 60.2 cm³/mol. The fraction of sp³-hybridized carbons (Fsp3) is 0.364. The van der Waals surface area contributed by atoms with Crippen molar-refractivity contribution in [3.05, 3.63) is 34.9 Å². The second-order valence-electron chi connectivity index (χ2n) is 3.27. The van der Waals surface area contributed by atoms with E-state index in [1.165, 1.54) is 5.56 Å². The van der Waals surface area contributed by atoms with E-state index in [0.29, 0.717) is 12.2 Å². The highest BCUT2D eigenvalue weighted by Crippen LogP contribution is 2.20. The zero-order chi connectivity index (χ0) is 9.97. The maximum atomic E-state index is 11.6. The molecule has 0 aliphatic carbocycles. The van der Waals surface area contributed by atoms with Gasteiger partial charge in [0.1, 0.15) is 0 Å². The maximum absolute atomic E-state index is 11.6. The summed E-state index contributed by atoms with van der Waals surface area (Å²) in [7, 11) is 0. The smallest absolute Gasteiger partial charge is 0.338 e. The van der Waals surface area contributed by atoms with E-state index in [-0.39, 0.29) is 18.4 Å². The molecule has 0 saturated heterocycles. The third-order valence-corrected chi connectivity index (χ3v) is 2.39. The molecule has 3 nitrogen and oxygen atoms in total. The van der Waals surface area contributed by atoms with Gasteiger partial charge in [0.05, 0.1) is 12.2 Å². The summed E-state index contributed by atoms with van der Waals surface area (Å²) in [5.74, 6) is -0.215. The van der Waals surface area contributed by atoms with Crippen molar-refractivity contribution in [2.75, 3.05) is 6.61 Å². The van der Waals surface area contributed by atoms with E-state index in [1.54, 1.807) is 0 Å². The molecule has 15 heavy (non-hydrogen) atoms. The van der Waals surface area contributed by atoms with Gasteiger partial charge in [0.25, 0.3) is 0 Å². The summed E-state index contributed by atoms with van der Waals surface area (Å²) in [6, 6.07) is 5.76. The lowest BCUT2D eigenvalue weighted by atomic mass is 10.0. The molecule has 0 aromatic heterocycles. The molecule has 1 aliphatic rings. The van der Waals surface area contributed by atoms with Crippen LogP contribution in [0.2, 0.25) is 0 Å². The molecule has 0 radical (unpaired) electrons. The number of carbonyl (C=O) groups excluding carboxylic acids is 1. The van der Waals surface area contributed by atoms with Crippen LogP contribution in [0.5, 0.6) is 0 Å². The molecule has 1 N–H and O–H groups in total. The second-order valence-corrected chi connectivity index (χ2v) is 3.27. The first kappa shape index (κ1) is 12.0. The summed E-state index contributed by atoms with van der Waals surface area (Å²) >= 11 is 0. The molecule has 1 aliphatic heterocycles. The molecule has 0 unspecified atom stereocenters. The van der Waals surface area contributed by atoms with Gasteiger partial charge in [-0.15, -0.1) is 12.4 Å². The van der Waals surface area contributed by atoms with Gasteiger partial charge < -0.3 is 10.1 Å². The number of fused-ring (bicyclic) bond motifs is 1. The van der Waals surface area contributed by atoms with Gasteiger partial charge in [0, 0.05) is 13.1 Å². The molecule has 82 valence electrons. The first-order chi connectivity index (χ1) is 6.83. The highest BCUT2D eigenvalue weighted by Gasteiger charge is 2.18. The van der Waals surface area contributed by atoms with Crippen molar-refractivity contribution in [2.45, 2.75) is 20.0 Å². The summed E-state index contributed by atoms with van der Waals surface area (Å²) in [5, 5.41) is 3.22. The normalized spacial score (nSPS) is 12.9. The van der Waals surface area contributed by atoms with Gasteiger partial charge in [0.2, 0.25) is 0 Å². The van der Waals surface area contributed by atoms with Crippen LogP contribution in [0.15, 0.2) is 18.2 Å². The Bertz CT molecular complexity index is 366. The molecule has 0 amide bonds. The number of ether oxygens (including phenoxy) is 1. The molecular formula is C11H14ClNO2. The third kappa shape index (κ3) is 2.30. The Morgan fingerprint density at radius 2 is 2.27 bits per heavy atom. The van der Waals surface area contributed by atoms with E-state index in [4.69, 9.17) is 4.74 Å². The van der Waals surface area contributed by atoms with Crippen LogP contribution in [-0.4, -0.2) is 12.6 Å². The Hall–Kier alpha value is -1.06. The van der Waals surface area contributed by atoms with Crippen LogP contribution < -0.4 is 5.32 Å². The highest BCUT2D eigenvalue weighted by molar-refractivity contribution is 5.91. The van der Waals surface area contributed by atoms with Crippen LogP contribution in [0.25, 0.3) is 0 Å². The third-order valence-electron chi connectivity index (χ3n) is 2.39. The number of hydrogen-bond donors (Lipinski definition) is 1. The van der Waals surface area contributed by atoms with Crippen molar-refractivity contribution in [3.63, 3.8) is 0 Å². The fourth-order valence-corrected chi connectivity index (χ4v) is 1.73. The van der Waals surface area contributed by atoms with E-state index >= 15 is 0 Å². The van der Waals surface area contributed by atoms with Crippen molar-refractivity contribution in [2.24, 2.45) is 0 Å². The van der Waals surface area contributed by atoms with E-state index < -0.39 is 0 Å². The van der Waals surface area contributed by atoms with Crippen molar-refractivity contribution in [1.29, 1.82) is 0 Å². The molecule has 0 bridgehead atoms. The van der Waals surface area contributed by atoms with Crippen LogP contribution in [0.4, 0.5) is 0 Å². The van der Waals surface area contributed by atoms with Gasteiger partial charge >= 0.3 is 5.97 Å². The molecule has 1 aromatic carbocycles. The summed E-state index contributed by atoms with van der Waals surface area (Å²) in [6.07, 6.45) is 0. The lowest BCUT2D eigenvalue weighted by Gasteiger charge is -2.06. The number of rotatable bonds is 2. The first-order valence-electron chi connectivity index (χ1n) is 4.81. The fourth-order valence-electron chi connectivity index (χ4n) is 1.73. The van der Waals surface area contributed by atoms with Gasteiger partial charge in [0.15, 0.2) is 0 Å². The minimum absolute atomic E-state index is 0. The quantitative estimate of drug-likeness (QED) is 0.785. The van der Waals surface area contributed by atoms with E-state index in [0.717, 1.165) is 18.7 Å². The minimum Gasteiger partial charge on any atom is -0.462 e. The van der Waals surface area contributed by atoms with E-state index in [1.807, 2.05) is 25.1 Å². The average molecular weight is 228 g/mol. The Morgan fingerprint density at radius 3 is 3.00 bits per heavy atom. The van der Waals surface area contributed by atoms with Gasteiger partial charge in [-0.25, -0.2) is 4.79 Å². The van der Waals surface area contributed by atoms with Gasteiger partial charge in [-0.05, 0) is 24.1 Å². The SMILES string of the molecule is CCOC(=O)c1cccc2c1CNC2.Cl. The molecule has 1 aromatic rings. The molecule has 0 saturated carbocycles. The van der Waals surface area contributed by atoms with Gasteiger partial charge in [-0.1, -0.05) is 12.1 Å². The molecule has 2 rings (SSSR count). The standard InChI is InChI=1S/C11H13NO2.ClH/c1-2-14-11(13)9-5-3-4-8-6-12-7-10(8)9;/h3-5,12H,2,6-7H2,1H3;1H. The number of nitrogens with one attached hydrogen (secondary N) is 1. The number of benzene rings is 1. The Kier molecular flexibility index (Phi) is 4.12. The molecule has 0 fully saturated rings. The Labute approximate surface area is 95.2 Å². The van der Waals surface area contributed by atoms with Crippen LogP contribution in [-0.2, 0) is 17.8 Å². The van der Waals surface area contributed by atoms with Crippen molar-refractivity contribution >= 4 is 18.4 Å². The largest absolute Gasteiger partial charge is 0.462 e. The van der Waals surface area contributed by atoms with E-state index in [2.05, 4.69) is 5.32 Å². The molecular weight excluding hydrogens is 214 g/mol. The van der Waals surface area contributed by atoms with Gasteiger partial charge in [-0.3, -0.25) is 0 Å². The number of halogens is 1. The van der Waals surface area contributed by atoms with Gasteiger partial charge in [-0.2, -0.15) is 0 Å². The van der Waals surface area contributed by atoms with Crippen molar-refractivity contribution in [3.8, 4) is 0 Å². The number of hydrogen-bond acceptors (Lipinski definition) is 3. The first-order valence-corrected chi connectivity index (χ1v) is 4.81. The number of carbonyl (C=O) groups is 1. The van der Waals surface area contributed by atoms with Crippen LogP contribution in [0, 0.1) is 0 Å².